The molecule has 0 radical (unpaired) electrons. The van der Waals surface area contributed by atoms with Gasteiger partial charge in [0.1, 0.15) is 0 Å². The summed E-state index contributed by atoms with van der Waals surface area (Å²) in [6.45, 7) is 18.1. The van der Waals surface area contributed by atoms with Crippen molar-refractivity contribution in [3.05, 3.63) is 0 Å². The first-order chi connectivity index (χ1) is 18.4. The van der Waals surface area contributed by atoms with Crippen LogP contribution in [-0.4, -0.2) is 155 Å². The molecule has 1 saturated heterocycles. The van der Waals surface area contributed by atoms with Crippen molar-refractivity contribution in [2.75, 3.05) is 145 Å². The van der Waals surface area contributed by atoms with Crippen molar-refractivity contribution in [2.45, 2.75) is 25.7 Å². The summed E-state index contributed by atoms with van der Waals surface area (Å²) < 4.78 is 33.0. The monoisotopic (exact) mass is 535 g/mol. The molecule has 0 bridgehead atoms. The van der Waals surface area contributed by atoms with Crippen molar-refractivity contribution in [1.29, 1.82) is 0 Å². The fourth-order valence-electron chi connectivity index (χ4n) is 3.74. The van der Waals surface area contributed by atoms with Crippen molar-refractivity contribution >= 4 is 0 Å². The molecule has 0 saturated carbocycles. The molecule has 1 aliphatic heterocycles. The lowest BCUT2D eigenvalue weighted by atomic mass is 10.3. The van der Waals surface area contributed by atoms with E-state index in [-0.39, 0.29) is 0 Å². The molecule has 0 spiro atoms. The number of ether oxygens (including phenoxy) is 6. The number of piperazine rings is 1. The van der Waals surface area contributed by atoms with E-state index in [1.807, 2.05) is 0 Å². The zero-order chi connectivity index (χ0) is 26.5. The summed E-state index contributed by atoms with van der Waals surface area (Å²) in [5, 5.41) is 3.53. The van der Waals surface area contributed by atoms with E-state index in [4.69, 9.17) is 39.9 Å². The molecule has 0 unspecified atom stereocenters. The molecule has 0 aromatic rings. The summed E-state index contributed by atoms with van der Waals surface area (Å²) >= 11 is 0. The molecule has 1 heterocycles. The Labute approximate surface area is 225 Å². The predicted octanol–water partition coefficient (Wildman–Crippen LogP) is -0.229. The molecule has 1 aliphatic rings. The topological polar surface area (TPSA) is 126 Å². The number of rotatable bonds is 29. The third-order valence-corrected chi connectivity index (χ3v) is 5.95. The van der Waals surface area contributed by atoms with Gasteiger partial charge in [0.25, 0.3) is 0 Å². The first kappa shape index (κ1) is 34.6. The van der Waals surface area contributed by atoms with E-state index in [9.17, 15) is 0 Å². The Morgan fingerprint density at radius 2 is 0.811 bits per heavy atom. The number of nitrogens with two attached hydrogens (primary N) is 2. The number of nitrogens with zero attached hydrogens (tertiary/aromatic N) is 2. The second-order valence-corrected chi connectivity index (χ2v) is 9.10. The number of hydrogen-bond acceptors (Lipinski definition) is 11. The van der Waals surface area contributed by atoms with Crippen LogP contribution in [0, 0.1) is 0 Å². The van der Waals surface area contributed by atoms with E-state index in [2.05, 4.69) is 15.1 Å². The van der Waals surface area contributed by atoms with Gasteiger partial charge in [-0.2, -0.15) is 0 Å². The molecule has 0 aromatic carbocycles. The summed E-state index contributed by atoms with van der Waals surface area (Å²) in [4.78, 5) is 5.09. The van der Waals surface area contributed by atoms with Crippen LogP contribution in [0.1, 0.15) is 25.7 Å². The lowest BCUT2D eigenvalue weighted by Crippen LogP contribution is -2.48. The van der Waals surface area contributed by atoms with Gasteiger partial charge in [-0.15, -0.1) is 0 Å². The third kappa shape index (κ3) is 24.3. The van der Waals surface area contributed by atoms with Crippen LogP contribution in [0.15, 0.2) is 0 Å². The maximum absolute atomic E-state index is 5.68. The predicted molar refractivity (Wildman–Crippen MR) is 147 cm³/mol. The minimum atomic E-state index is 0.613. The van der Waals surface area contributed by atoms with Crippen LogP contribution in [0.4, 0.5) is 0 Å². The lowest BCUT2D eigenvalue weighted by Gasteiger charge is -2.34. The minimum absolute atomic E-state index is 0.613. The van der Waals surface area contributed by atoms with Gasteiger partial charge in [-0.25, -0.2) is 0 Å². The normalized spacial score (nSPS) is 15.1. The first-order valence-corrected chi connectivity index (χ1v) is 14.4. The van der Waals surface area contributed by atoms with Crippen molar-refractivity contribution in [2.24, 2.45) is 11.5 Å². The summed E-state index contributed by atoms with van der Waals surface area (Å²) in [6, 6.07) is 0. The number of nitrogens with one attached hydrogen (secondary N) is 1. The van der Waals surface area contributed by atoms with Crippen LogP contribution in [0.5, 0.6) is 0 Å². The molecular weight excluding hydrogens is 478 g/mol. The Morgan fingerprint density at radius 3 is 1.27 bits per heavy atom. The highest BCUT2D eigenvalue weighted by atomic mass is 16.5. The van der Waals surface area contributed by atoms with Gasteiger partial charge < -0.3 is 50.1 Å². The van der Waals surface area contributed by atoms with Gasteiger partial charge in [0.05, 0.1) is 52.9 Å². The molecular formula is C26H57N5O6. The Balaban J connectivity index is 1.75. The Hall–Kier alpha value is -0.440. The summed E-state index contributed by atoms with van der Waals surface area (Å²) in [7, 11) is 0. The van der Waals surface area contributed by atoms with Crippen LogP contribution in [0.25, 0.3) is 0 Å². The summed E-state index contributed by atoms with van der Waals surface area (Å²) in [5.74, 6) is 0. The molecule has 0 amide bonds. The highest BCUT2D eigenvalue weighted by Crippen LogP contribution is 2.02. The fraction of sp³-hybridized carbons (Fsp3) is 1.00. The van der Waals surface area contributed by atoms with Crippen LogP contribution < -0.4 is 16.8 Å². The van der Waals surface area contributed by atoms with Crippen molar-refractivity contribution in [3.8, 4) is 0 Å². The maximum atomic E-state index is 5.68. The average Bonchev–Trinajstić information content (AvgIpc) is 2.92. The Morgan fingerprint density at radius 1 is 0.432 bits per heavy atom. The smallest absolute Gasteiger partial charge is 0.0701 e. The van der Waals surface area contributed by atoms with Gasteiger partial charge in [-0.1, -0.05) is 0 Å². The average molecular weight is 536 g/mol. The molecule has 0 atom stereocenters. The summed E-state index contributed by atoms with van der Waals surface area (Å²) in [5.41, 5.74) is 10.8. The second kappa shape index (κ2) is 28.6. The van der Waals surface area contributed by atoms with Crippen LogP contribution >= 0.6 is 0 Å². The first-order valence-electron chi connectivity index (χ1n) is 14.4. The Bertz CT molecular complexity index is 445. The van der Waals surface area contributed by atoms with E-state index < -0.39 is 0 Å². The van der Waals surface area contributed by atoms with Gasteiger partial charge >= 0.3 is 0 Å². The van der Waals surface area contributed by atoms with E-state index >= 15 is 0 Å². The van der Waals surface area contributed by atoms with Crippen molar-refractivity contribution in [1.82, 2.24) is 15.1 Å². The third-order valence-electron chi connectivity index (χ3n) is 5.95. The standard InChI is InChI=1S/C26H57N5O6/c27-5-1-15-32-19-23-36-25-21-34-17-3-7-29-8-10-31-13-11-30(12-14-31)9-4-18-35-22-26-37-24-20-33-16-2-6-28/h29H,1-28H2. The molecule has 37 heavy (non-hydrogen) atoms. The van der Waals surface area contributed by atoms with Gasteiger partial charge in [-0.05, 0) is 45.3 Å². The minimum Gasteiger partial charge on any atom is -0.379 e. The van der Waals surface area contributed by atoms with E-state index in [1.54, 1.807) is 0 Å². The van der Waals surface area contributed by atoms with Crippen molar-refractivity contribution < 1.29 is 28.4 Å². The van der Waals surface area contributed by atoms with Gasteiger partial charge in [0, 0.05) is 72.2 Å². The van der Waals surface area contributed by atoms with Crippen LogP contribution in [-0.2, 0) is 28.4 Å². The molecule has 0 aromatic heterocycles. The molecule has 11 heteroatoms. The van der Waals surface area contributed by atoms with Gasteiger partial charge in [0.15, 0.2) is 0 Å². The van der Waals surface area contributed by atoms with Crippen LogP contribution in [0.2, 0.25) is 0 Å². The quantitative estimate of drug-likeness (QED) is 0.110. The van der Waals surface area contributed by atoms with Gasteiger partial charge in [0.2, 0.25) is 0 Å². The summed E-state index contributed by atoms with van der Waals surface area (Å²) in [6.07, 6.45) is 3.89. The van der Waals surface area contributed by atoms with Crippen LogP contribution in [0.3, 0.4) is 0 Å². The van der Waals surface area contributed by atoms with E-state index in [0.29, 0.717) is 79.2 Å². The number of hydrogen-bond donors (Lipinski definition) is 3. The molecule has 11 nitrogen and oxygen atoms in total. The SMILES string of the molecule is NCCCOCCOCCOCCCNCCN1CCN(CCCOCCOCCOCCCN)CC1. The molecule has 5 N–H and O–H groups in total. The molecule has 1 rings (SSSR count). The zero-order valence-electron chi connectivity index (χ0n) is 23.4. The Kier molecular flexibility index (Phi) is 26.7. The largest absolute Gasteiger partial charge is 0.379 e. The van der Waals surface area contributed by atoms with Gasteiger partial charge in [-0.3, -0.25) is 4.90 Å². The molecule has 1 fully saturated rings. The highest BCUT2D eigenvalue weighted by Gasteiger charge is 2.15. The van der Waals surface area contributed by atoms with E-state index in [1.165, 1.54) is 0 Å². The zero-order valence-corrected chi connectivity index (χ0v) is 23.4. The lowest BCUT2D eigenvalue weighted by molar-refractivity contribution is 0.0122. The van der Waals surface area contributed by atoms with Crippen molar-refractivity contribution in [3.63, 3.8) is 0 Å². The van der Waals surface area contributed by atoms with E-state index in [0.717, 1.165) is 91.3 Å². The fourth-order valence-corrected chi connectivity index (χ4v) is 3.74. The molecule has 0 aliphatic carbocycles. The highest BCUT2D eigenvalue weighted by molar-refractivity contribution is 4.72. The maximum Gasteiger partial charge on any atom is 0.0701 e. The molecule has 222 valence electrons. The second-order valence-electron chi connectivity index (χ2n) is 9.10.